The molecular formula is C13H15FN2O3. The van der Waals surface area contributed by atoms with Crippen molar-refractivity contribution in [2.24, 2.45) is 0 Å². The average Bonchev–Trinajstić information content (AvgIpc) is 2.28. The highest BCUT2D eigenvalue weighted by atomic mass is 19.1. The molecule has 0 aliphatic carbocycles. The zero-order valence-electron chi connectivity index (χ0n) is 10.7. The van der Waals surface area contributed by atoms with E-state index in [0.717, 1.165) is 12.1 Å². The Morgan fingerprint density at radius 3 is 2.63 bits per heavy atom. The topological polar surface area (TPSA) is 69.6 Å². The first-order valence-electron chi connectivity index (χ1n) is 5.53. The fourth-order valence-electron chi connectivity index (χ4n) is 1.38. The molecule has 0 aromatic heterocycles. The van der Waals surface area contributed by atoms with E-state index in [9.17, 15) is 14.0 Å². The number of carbonyl (C=O) groups excluding carboxylic acids is 1. The molecule has 0 saturated heterocycles. The average molecular weight is 266 g/mol. The van der Waals surface area contributed by atoms with Gasteiger partial charge in [0.1, 0.15) is 5.82 Å². The molecule has 0 bridgehead atoms. The van der Waals surface area contributed by atoms with Crippen molar-refractivity contribution < 1.29 is 19.1 Å². The zero-order chi connectivity index (χ0) is 14.4. The number of hydrogen-bond acceptors (Lipinski definition) is 3. The number of likely N-dealkylation sites (N-methyl/N-ethyl adjacent to an activating group) is 1. The molecule has 0 fully saturated rings. The molecule has 5 nitrogen and oxygen atoms in total. The van der Waals surface area contributed by atoms with Gasteiger partial charge in [-0.05, 0) is 37.9 Å². The van der Waals surface area contributed by atoms with Crippen molar-refractivity contribution in [1.29, 1.82) is 0 Å². The van der Waals surface area contributed by atoms with Gasteiger partial charge in [0.05, 0.1) is 12.2 Å². The van der Waals surface area contributed by atoms with Gasteiger partial charge in [0, 0.05) is 6.08 Å². The summed E-state index contributed by atoms with van der Waals surface area (Å²) in [6.07, 6.45) is 2.19. The number of anilines is 1. The summed E-state index contributed by atoms with van der Waals surface area (Å²) in [5.74, 6) is -2.04. The van der Waals surface area contributed by atoms with Crippen LogP contribution in [0, 0.1) is 5.82 Å². The molecular weight excluding hydrogens is 251 g/mol. The van der Waals surface area contributed by atoms with Gasteiger partial charge in [-0.25, -0.2) is 9.18 Å². The van der Waals surface area contributed by atoms with E-state index in [4.69, 9.17) is 5.11 Å². The summed E-state index contributed by atoms with van der Waals surface area (Å²) < 4.78 is 13.7. The third-order valence-electron chi connectivity index (χ3n) is 2.15. The van der Waals surface area contributed by atoms with Gasteiger partial charge in [-0.1, -0.05) is 6.07 Å². The standard InChI is InChI=1S/C13H15FN2O3/c1-16(2)8-12(17)15-11-5-3-9(7-10(11)14)4-6-13(18)19/h3-7H,8H2,1-2H3,(H,15,17)(H,18,19)/b6-4+. The lowest BCUT2D eigenvalue weighted by molar-refractivity contribution is -0.131. The number of nitrogens with zero attached hydrogens (tertiary/aromatic N) is 1. The van der Waals surface area contributed by atoms with Gasteiger partial charge in [-0.3, -0.25) is 4.79 Å². The number of hydrogen-bond donors (Lipinski definition) is 2. The summed E-state index contributed by atoms with van der Waals surface area (Å²) >= 11 is 0. The smallest absolute Gasteiger partial charge is 0.328 e. The normalized spacial score (nSPS) is 10.9. The highest BCUT2D eigenvalue weighted by Crippen LogP contribution is 2.16. The molecule has 1 amide bonds. The number of nitrogens with one attached hydrogen (secondary N) is 1. The Balaban J connectivity index is 2.77. The first kappa shape index (κ1) is 14.8. The second-order valence-electron chi connectivity index (χ2n) is 4.20. The number of rotatable bonds is 5. The third kappa shape index (κ3) is 5.31. The first-order chi connectivity index (χ1) is 8.88. The summed E-state index contributed by atoms with van der Waals surface area (Å²) in [5, 5.41) is 10.9. The second kappa shape index (κ2) is 6.65. The highest BCUT2D eigenvalue weighted by molar-refractivity contribution is 5.92. The fourth-order valence-corrected chi connectivity index (χ4v) is 1.38. The van der Waals surface area contributed by atoms with Gasteiger partial charge < -0.3 is 15.3 Å². The van der Waals surface area contributed by atoms with E-state index in [2.05, 4.69) is 5.32 Å². The number of amides is 1. The van der Waals surface area contributed by atoms with Crippen LogP contribution in [0.5, 0.6) is 0 Å². The van der Waals surface area contributed by atoms with Crippen LogP contribution in [-0.2, 0) is 9.59 Å². The molecule has 0 unspecified atom stereocenters. The molecule has 0 aliphatic rings. The van der Waals surface area contributed by atoms with Crippen LogP contribution in [-0.4, -0.2) is 42.5 Å². The van der Waals surface area contributed by atoms with Crippen molar-refractivity contribution in [3.8, 4) is 0 Å². The summed E-state index contributed by atoms with van der Waals surface area (Å²) in [4.78, 5) is 23.5. The van der Waals surface area contributed by atoms with Crippen LogP contribution in [0.15, 0.2) is 24.3 Å². The molecule has 102 valence electrons. The van der Waals surface area contributed by atoms with Crippen molar-refractivity contribution >= 4 is 23.6 Å². The lowest BCUT2D eigenvalue weighted by Gasteiger charge is -2.10. The molecule has 1 rings (SSSR count). The minimum atomic E-state index is -1.11. The fraction of sp³-hybridized carbons (Fsp3) is 0.231. The Hall–Kier alpha value is -2.21. The van der Waals surface area contributed by atoms with Crippen LogP contribution in [0.1, 0.15) is 5.56 Å². The minimum Gasteiger partial charge on any atom is -0.478 e. The molecule has 0 spiro atoms. The first-order valence-corrected chi connectivity index (χ1v) is 5.53. The monoisotopic (exact) mass is 266 g/mol. The Morgan fingerprint density at radius 2 is 2.11 bits per heavy atom. The van der Waals surface area contributed by atoms with E-state index in [1.165, 1.54) is 18.2 Å². The number of carboxylic acids is 1. The maximum atomic E-state index is 13.7. The van der Waals surface area contributed by atoms with Gasteiger partial charge in [0.15, 0.2) is 0 Å². The van der Waals surface area contributed by atoms with Crippen LogP contribution in [0.25, 0.3) is 6.08 Å². The van der Waals surface area contributed by atoms with Crippen LogP contribution in [0.2, 0.25) is 0 Å². The van der Waals surface area contributed by atoms with Gasteiger partial charge in [0.25, 0.3) is 0 Å². The van der Waals surface area contributed by atoms with Gasteiger partial charge >= 0.3 is 5.97 Å². The van der Waals surface area contributed by atoms with E-state index >= 15 is 0 Å². The quantitative estimate of drug-likeness (QED) is 0.791. The Bertz CT molecular complexity index is 513. The van der Waals surface area contributed by atoms with E-state index in [1.807, 2.05) is 0 Å². The van der Waals surface area contributed by atoms with E-state index in [0.29, 0.717) is 5.56 Å². The summed E-state index contributed by atoms with van der Waals surface area (Å²) in [6.45, 7) is 0.153. The van der Waals surface area contributed by atoms with Crippen molar-refractivity contribution in [3.63, 3.8) is 0 Å². The predicted octanol–water partition coefficient (Wildman–Crippen LogP) is 1.42. The number of carboxylic acid groups (broad SMARTS) is 1. The molecule has 1 aromatic carbocycles. The summed E-state index contributed by atoms with van der Waals surface area (Å²) in [6, 6.07) is 4.07. The van der Waals surface area contributed by atoms with E-state index in [-0.39, 0.29) is 18.1 Å². The Labute approximate surface area is 110 Å². The lowest BCUT2D eigenvalue weighted by Crippen LogP contribution is -2.27. The molecule has 0 heterocycles. The Morgan fingerprint density at radius 1 is 1.42 bits per heavy atom. The van der Waals surface area contributed by atoms with Crippen molar-refractivity contribution in [2.45, 2.75) is 0 Å². The van der Waals surface area contributed by atoms with Crippen LogP contribution >= 0.6 is 0 Å². The highest BCUT2D eigenvalue weighted by Gasteiger charge is 2.08. The number of carbonyl (C=O) groups is 2. The SMILES string of the molecule is CN(C)CC(=O)Nc1ccc(/C=C/C(=O)O)cc1F. The molecule has 0 aliphatic heterocycles. The minimum absolute atomic E-state index is 0.0688. The van der Waals surface area contributed by atoms with Crippen molar-refractivity contribution in [2.75, 3.05) is 26.0 Å². The van der Waals surface area contributed by atoms with E-state index in [1.54, 1.807) is 19.0 Å². The van der Waals surface area contributed by atoms with Crippen molar-refractivity contribution in [1.82, 2.24) is 4.90 Å². The number of aliphatic carboxylic acids is 1. The molecule has 0 saturated carbocycles. The van der Waals surface area contributed by atoms with Crippen LogP contribution in [0.3, 0.4) is 0 Å². The lowest BCUT2D eigenvalue weighted by atomic mass is 10.2. The Kier molecular flexibility index (Phi) is 5.20. The number of halogens is 1. The van der Waals surface area contributed by atoms with Crippen molar-refractivity contribution in [3.05, 3.63) is 35.7 Å². The summed E-state index contributed by atoms with van der Waals surface area (Å²) in [7, 11) is 3.46. The zero-order valence-corrected chi connectivity index (χ0v) is 10.7. The largest absolute Gasteiger partial charge is 0.478 e. The maximum Gasteiger partial charge on any atom is 0.328 e. The molecule has 19 heavy (non-hydrogen) atoms. The summed E-state index contributed by atoms with van der Waals surface area (Å²) in [5.41, 5.74) is 0.477. The molecule has 6 heteroatoms. The third-order valence-corrected chi connectivity index (χ3v) is 2.15. The second-order valence-corrected chi connectivity index (χ2v) is 4.20. The van der Waals surface area contributed by atoms with Crippen LogP contribution < -0.4 is 5.32 Å². The predicted molar refractivity (Wildman–Crippen MR) is 70.3 cm³/mol. The molecule has 1 aromatic rings. The number of benzene rings is 1. The molecule has 0 atom stereocenters. The maximum absolute atomic E-state index is 13.7. The van der Waals surface area contributed by atoms with Gasteiger partial charge in [0.2, 0.25) is 5.91 Å². The van der Waals surface area contributed by atoms with Gasteiger partial charge in [-0.2, -0.15) is 0 Å². The molecule has 2 N–H and O–H groups in total. The molecule has 0 radical (unpaired) electrons. The van der Waals surface area contributed by atoms with E-state index < -0.39 is 11.8 Å². The van der Waals surface area contributed by atoms with Crippen LogP contribution in [0.4, 0.5) is 10.1 Å². The van der Waals surface area contributed by atoms with Gasteiger partial charge in [-0.15, -0.1) is 0 Å².